The monoisotopic (exact) mass is 240 g/mol. The molecule has 0 bridgehead atoms. The number of thioether (sulfide) groups is 1. The Morgan fingerprint density at radius 1 is 1.38 bits per heavy atom. The van der Waals surface area contributed by atoms with Gasteiger partial charge in [0.1, 0.15) is 5.75 Å². The van der Waals surface area contributed by atoms with Gasteiger partial charge in [0.05, 0.1) is 7.11 Å². The highest BCUT2D eigenvalue weighted by atomic mass is 32.2. The molecule has 0 aliphatic rings. The Morgan fingerprint density at radius 3 is 2.81 bits per heavy atom. The molecule has 0 unspecified atom stereocenters. The highest BCUT2D eigenvalue weighted by Crippen LogP contribution is 2.29. The second-order valence-electron chi connectivity index (χ2n) is 3.35. The van der Waals surface area contributed by atoms with Gasteiger partial charge in [-0.2, -0.15) is 0 Å². The van der Waals surface area contributed by atoms with Crippen LogP contribution in [0.25, 0.3) is 0 Å². The van der Waals surface area contributed by atoms with Crippen molar-refractivity contribution in [3.05, 3.63) is 24.3 Å². The molecule has 1 aromatic carbocycles. The van der Waals surface area contributed by atoms with Gasteiger partial charge in [-0.15, -0.1) is 11.8 Å². The fourth-order valence-corrected chi connectivity index (χ4v) is 2.34. The summed E-state index contributed by atoms with van der Waals surface area (Å²) in [4.78, 5) is 11.4. The molecule has 0 spiro atoms. The van der Waals surface area contributed by atoms with E-state index in [0.717, 1.165) is 29.2 Å². The lowest BCUT2D eigenvalue weighted by Crippen LogP contribution is -1.94. The lowest BCUT2D eigenvalue weighted by atomic mass is 10.2. The number of carbonyl (C=O) groups is 1. The van der Waals surface area contributed by atoms with Gasteiger partial charge in [0.25, 0.3) is 0 Å². The third-order valence-electron chi connectivity index (χ3n) is 2.11. The molecule has 16 heavy (non-hydrogen) atoms. The first-order chi connectivity index (χ1) is 7.74. The minimum Gasteiger partial charge on any atom is -0.496 e. The molecule has 1 N–H and O–H groups in total. The van der Waals surface area contributed by atoms with E-state index < -0.39 is 5.97 Å². The number of ether oxygens (including phenoxy) is 1. The summed E-state index contributed by atoms with van der Waals surface area (Å²) < 4.78 is 5.23. The van der Waals surface area contributed by atoms with Crippen LogP contribution in [0.4, 0.5) is 0 Å². The molecule has 0 atom stereocenters. The molecule has 88 valence electrons. The number of para-hydroxylation sites is 1. The SMILES string of the molecule is COc1ccccc1SCCCCC(=O)O. The highest BCUT2D eigenvalue weighted by Gasteiger charge is 2.02. The summed E-state index contributed by atoms with van der Waals surface area (Å²) in [6.07, 6.45) is 1.90. The lowest BCUT2D eigenvalue weighted by Gasteiger charge is -2.06. The van der Waals surface area contributed by atoms with Crippen molar-refractivity contribution in [1.82, 2.24) is 0 Å². The van der Waals surface area contributed by atoms with Crippen LogP contribution in [0.15, 0.2) is 29.2 Å². The topological polar surface area (TPSA) is 46.5 Å². The molecule has 0 aliphatic carbocycles. The predicted octanol–water partition coefficient (Wildman–Crippen LogP) is 3.04. The van der Waals surface area contributed by atoms with E-state index in [1.165, 1.54) is 0 Å². The number of unbranched alkanes of at least 4 members (excludes halogenated alkanes) is 1. The molecule has 0 fully saturated rings. The van der Waals surface area contributed by atoms with Gasteiger partial charge in [0.2, 0.25) is 0 Å². The Bertz CT molecular complexity index is 339. The first-order valence-electron chi connectivity index (χ1n) is 5.21. The molecule has 0 amide bonds. The van der Waals surface area contributed by atoms with Crippen LogP contribution >= 0.6 is 11.8 Å². The number of benzene rings is 1. The van der Waals surface area contributed by atoms with Crippen molar-refractivity contribution in [2.75, 3.05) is 12.9 Å². The molecule has 0 saturated heterocycles. The number of methoxy groups -OCH3 is 1. The summed E-state index contributed by atoms with van der Waals surface area (Å²) >= 11 is 1.71. The number of carboxylic acids is 1. The second-order valence-corrected chi connectivity index (χ2v) is 4.49. The van der Waals surface area contributed by atoms with Crippen LogP contribution < -0.4 is 4.74 Å². The summed E-state index contributed by atoms with van der Waals surface area (Å²) in [5, 5.41) is 8.49. The van der Waals surface area contributed by atoms with E-state index in [4.69, 9.17) is 9.84 Å². The lowest BCUT2D eigenvalue weighted by molar-refractivity contribution is -0.137. The average molecular weight is 240 g/mol. The number of hydrogen-bond acceptors (Lipinski definition) is 3. The molecular weight excluding hydrogens is 224 g/mol. The van der Waals surface area contributed by atoms with Crippen molar-refractivity contribution < 1.29 is 14.6 Å². The molecular formula is C12H16O3S. The van der Waals surface area contributed by atoms with Crippen molar-refractivity contribution in [3.8, 4) is 5.75 Å². The van der Waals surface area contributed by atoms with E-state index in [0.29, 0.717) is 0 Å². The second kappa shape index (κ2) is 7.17. The minimum absolute atomic E-state index is 0.256. The van der Waals surface area contributed by atoms with Crippen LogP contribution in [0.1, 0.15) is 19.3 Å². The van der Waals surface area contributed by atoms with Gasteiger partial charge in [-0.25, -0.2) is 0 Å². The van der Waals surface area contributed by atoms with Gasteiger partial charge in [0, 0.05) is 11.3 Å². The van der Waals surface area contributed by atoms with Gasteiger partial charge in [-0.05, 0) is 30.7 Å². The third kappa shape index (κ3) is 4.57. The van der Waals surface area contributed by atoms with Crippen molar-refractivity contribution >= 4 is 17.7 Å². The number of aliphatic carboxylic acids is 1. The fourth-order valence-electron chi connectivity index (χ4n) is 1.30. The van der Waals surface area contributed by atoms with Gasteiger partial charge < -0.3 is 9.84 Å². The number of carboxylic acid groups (broad SMARTS) is 1. The number of hydrogen-bond donors (Lipinski definition) is 1. The Hall–Kier alpha value is -1.16. The van der Waals surface area contributed by atoms with Crippen LogP contribution in [0.5, 0.6) is 5.75 Å². The van der Waals surface area contributed by atoms with Crippen LogP contribution in [-0.2, 0) is 4.79 Å². The standard InChI is InChI=1S/C12H16O3S/c1-15-10-6-2-3-7-11(10)16-9-5-4-8-12(13)14/h2-3,6-7H,4-5,8-9H2,1H3,(H,13,14). The Labute approximate surface area is 99.8 Å². The van der Waals surface area contributed by atoms with Crippen LogP contribution in [-0.4, -0.2) is 23.9 Å². The van der Waals surface area contributed by atoms with Gasteiger partial charge >= 0.3 is 5.97 Å². The van der Waals surface area contributed by atoms with Crippen molar-refractivity contribution in [3.63, 3.8) is 0 Å². The summed E-state index contributed by atoms with van der Waals surface area (Å²) in [7, 11) is 1.66. The Morgan fingerprint density at radius 2 is 2.12 bits per heavy atom. The van der Waals surface area contributed by atoms with Crippen molar-refractivity contribution in [2.24, 2.45) is 0 Å². The van der Waals surface area contributed by atoms with E-state index in [1.807, 2.05) is 24.3 Å². The van der Waals surface area contributed by atoms with E-state index in [2.05, 4.69) is 0 Å². The Kier molecular flexibility index (Phi) is 5.78. The van der Waals surface area contributed by atoms with E-state index >= 15 is 0 Å². The summed E-state index contributed by atoms with van der Waals surface area (Å²) in [5.41, 5.74) is 0. The zero-order valence-corrected chi connectivity index (χ0v) is 10.1. The first-order valence-corrected chi connectivity index (χ1v) is 6.20. The maximum Gasteiger partial charge on any atom is 0.303 e. The van der Waals surface area contributed by atoms with Crippen molar-refractivity contribution in [1.29, 1.82) is 0 Å². The molecule has 1 rings (SSSR count). The van der Waals surface area contributed by atoms with Gasteiger partial charge in [-0.3, -0.25) is 4.79 Å². The highest BCUT2D eigenvalue weighted by molar-refractivity contribution is 7.99. The average Bonchev–Trinajstić information content (AvgIpc) is 2.29. The quantitative estimate of drug-likeness (QED) is 0.588. The molecule has 0 radical (unpaired) electrons. The number of rotatable bonds is 7. The zero-order valence-electron chi connectivity index (χ0n) is 9.31. The predicted molar refractivity (Wildman–Crippen MR) is 65.2 cm³/mol. The van der Waals surface area contributed by atoms with Crippen LogP contribution in [0, 0.1) is 0 Å². The minimum atomic E-state index is -0.720. The molecule has 0 saturated carbocycles. The largest absolute Gasteiger partial charge is 0.496 e. The summed E-state index contributed by atoms with van der Waals surface area (Å²) in [6, 6.07) is 7.86. The molecule has 0 aromatic heterocycles. The van der Waals surface area contributed by atoms with E-state index in [-0.39, 0.29) is 6.42 Å². The maximum atomic E-state index is 10.3. The van der Waals surface area contributed by atoms with Crippen LogP contribution in [0.2, 0.25) is 0 Å². The normalized spacial score (nSPS) is 10.1. The molecule has 0 heterocycles. The first kappa shape index (κ1) is 12.9. The van der Waals surface area contributed by atoms with Crippen molar-refractivity contribution in [2.45, 2.75) is 24.2 Å². The molecule has 3 nitrogen and oxygen atoms in total. The van der Waals surface area contributed by atoms with Gasteiger partial charge in [0.15, 0.2) is 0 Å². The maximum absolute atomic E-state index is 10.3. The molecule has 0 aliphatic heterocycles. The smallest absolute Gasteiger partial charge is 0.303 e. The fraction of sp³-hybridized carbons (Fsp3) is 0.417. The van der Waals surface area contributed by atoms with E-state index in [1.54, 1.807) is 18.9 Å². The summed E-state index contributed by atoms with van der Waals surface area (Å²) in [6.45, 7) is 0. The molecule has 4 heteroatoms. The zero-order chi connectivity index (χ0) is 11.8. The third-order valence-corrected chi connectivity index (χ3v) is 3.25. The molecule has 1 aromatic rings. The van der Waals surface area contributed by atoms with Gasteiger partial charge in [-0.1, -0.05) is 12.1 Å². The Balaban J connectivity index is 2.28. The van der Waals surface area contributed by atoms with Crippen LogP contribution in [0.3, 0.4) is 0 Å². The summed E-state index contributed by atoms with van der Waals surface area (Å²) in [5.74, 6) is 1.08. The van der Waals surface area contributed by atoms with E-state index in [9.17, 15) is 4.79 Å².